The van der Waals surface area contributed by atoms with Gasteiger partial charge < -0.3 is 10.1 Å². The summed E-state index contributed by atoms with van der Waals surface area (Å²) in [6, 6.07) is 9.68. The zero-order chi connectivity index (χ0) is 19.4. The number of carbonyl (C=O) groups excluding carboxylic acids is 1. The van der Waals surface area contributed by atoms with Crippen molar-refractivity contribution in [2.24, 2.45) is 0 Å². The molecule has 1 aromatic carbocycles. The van der Waals surface area contributed by atoms with E-state index in [0.717, 1.165) is 27.2 Å². The molecule has 0 fully saturated rings. The quantitative estimate of drug-likeness (QED) is 0.623. The van der Waals surface area contributed by atoms with E-state index in [9.17, 15) is 10.1 Å². The minimum absolute atomic E-state index is 0.157. The van der Waals surface area contributed by atoms with Crippen molar-refractivity contribution in [2.75, 3.05) is 17.7 Å². The smallest absolute Gasteiger partial charge is 0.236 e. The largest absolute Gasteiger partial charge is 0.494 e. The number of hydrogen-bond acceptors (Lipinski definition) is 7. The van der Waals surface area contributed by atoms with Crippen LogP contribution in [0.15, 0.2) is 29.3 Å². The Balaban J connectivity index is 1.68. The molecule has 0 spiro atoms. The van der Waals surface area contributed by atoms with Crippen molar-refractivity contribution in [2.45, 2.75) is 25.8 Å². The van der Waals surface area contributed by atoms with Crippen LogP contribution in [0.1, 0.15) is 23.7 Å². The topological polar surface area (TPSA) is 87.9 Å². The molecule has 1 amide bonds. The van der Waals surface area contributed by atoms with E-state index in [1.54, 1.807) is 0 Å². The molecule has 0 aliphatic carbocycles. The molecule has 0 saturated heterocycles. The Hall–Kier alpha value is -2.63. The third-order valence-corrected chi connectivity index (χ3v) is 5.59. The van der Waals surface area contributed by atoms with Gasteiger partial charge in [-0.15, -0.1) is 0 Å². The van der Waals surface area contributed by atoms with E-state index in [4.69, 9.17) is 4.74 Å². The number of aryl methyl sites for hydroxylation is 2. The summed E-state index contributed by atoms with van der Waals surface area (Å²) in [5, 5.41) is 13.2. The van der Waals surface area contributed by atoms with Crippen molar-refractivity contribution in [1.29, 1.82) is 5.26 Å². The number of thiazole rings is 1. The summed E-state index contributed by atoms with van der Waals surface area (Å²) >= 11 is 2.65. The maximum Gasteiger partial charge on any atom is 0.236 e. The Morgan fingerprint density at radius 3 is 2.89 bits per heavy atom. The number of carbonyl (C=O) groups is 1. The van der Waals surface area contributed by atoms with Crippen molar-refractivity contribution in [3.63, 3.8) is 0 Å². The van der Waals surface area contributed by atoms with Gasteiger partial charge in [0.05, 0.1) is 28.1 Å². The highest BCUT2D eigenvalue weighted by atomic mass is 32.2. The summed E-state index contributed by atoms with van der Waals surface area (Å²) < 4.78 is 6.44. The van der Waals surface area contributed by atoms with Gasteiger partial charge in [-0.3, -0.25) is 4.79 Å². The number of nitriles is 1. The lowest BCUT2D eigenvalue weighted by Gasteiger charge is -2.07. The lowest BCUT2D eigenvalue weighted by molar-refractivity contribution is -0.113. The second-order valence-electron chi connectivity index (χ2n) is 5.79. The molecule has 0 radical (unpaired) electrons. The molecule has 0 bridgehead atoms. The zero-order valence-corrected chi connectivity index (χ0v) is 16.8. The van der Waals surface area contributed by atoms with Crippen LogP contribution in [0.3, 0.4) is 0 Å². The fraction of sp³-hybridized carbons (Fsp3) is 0.263. The molecular formula is C19H18N4O2S2. The number of nitrogens with zero attached hydrogens (tertiary/aromatic N) is 3. The molecule has 0 aliphatic heterocycles. The third-order valence-electron chi connectivity index (χ3n) is 3.68. The van der Waals surface area contributed by atoms with Gasteiger partial charge in [-0.1, -0.05) is 23.1 Å². The number of pyridine rings is 1. The SMILES string of the molecule is CCOc1ccc2nc(NC(=O)CSc3nc(C)cc(C)c3C#N)sc2c1. The highest BCUT2D eigenvalue weighted by Crippen LogP contribution is 2.30. The van der Waals surface area contributed by atoms with Crippen LogP contribution in [0.25, 0.3) is 10.2 Å². The fourth-order valence-electron chi connectivity index (χ4n) is 2.55. The highest BCUT2D eigenvalue weighted by molar-refractivity contribution is 8.00. The zero-order valence-electron chi connectivity index (χ0n) is 15.2. The maximum absolute atomic E-state index is 12.3. The van der Waals surface area contributed by atoms with Gasteiger partial charge in [-0.2, -0.15) is 5.26 Å². The second kappa shape index (κ2) is 8.37. The number of hydrogen-bond donors (Lipinski definition) is 1. The monoisotopic (exact) mass is 398 g/mol. The maximum atomic E-state index is 12.3. The van der Waals surface area contributed by atoms with Crippen LogP contribution >= 0.6 is 23.1 Å². The van der Waals surface area contributed by atoms with Gasteiger partial charge in [-0.05, 0) is 50.6 Å². The molecule has 2 aromatic heterocycles. The van der Waals surface area contributed by atoms with E-state index >= 15 is 0 Å². The number of amides is 1. The predicted octanol–water partition coefficient (Wildman–Crippen LogP) is 4.31. The number of aromatic nitrogens is 2. The van der Waals surface area contributed by atoms with E-state index in [1.165, 1.54) is 23.1 Å². The molecule has 3 rings (SSSR count). The van der Waals surface area contributed by atoms with E-state index in [2.05, 4.69) is 21.4 Å². The van der Waals surface area contributed by atoms with Crippen molar-refractivity contribution >= 4 is 44.4 Å². The Morgan fingerprint density at radius 1 is 1.33 bits per heavy atom. The summed E-state index contributed by atoms with van der Waals surface area (Å²) in [6.07, 6.45) is 0. The summed E-state index contributed by atoms with van der Waals surface area (Å²) in [6.45, 7) is 6.27. The van der Waals surface area contributed by atoms with Gasteiger partial charge in [0.2, 0.25) is 5.91 Å². The van der Waals surface area contributed by atoms with Crippen LogP contribution in [0, 0.1) is 25.2 Å². The molecule has 0 unspecified atom stereocenters. The molecule has 0 atom stereocenters. The molecular weight excluding hydrogens is 380 g/mol. The van der Waals surface area contributed by atoms with Crippen LogP contribution < -0.4 is 10.1 Å². The molecule has 0 saturated carbocycles. The number of rotatable bonds is 6. The Kier molecular flexibility index (Phi) is 5.94. The number of ether oxygens (including phenoxy) is 1. The highest BCUT2D eigenvalue weighted by Gasteiger charge is 2.13. The summed E-state index contributed by atoms with van der Waals surface area (Å²) in [4.78, 5) is 21.1. The number of thioether (sulfide) groups is 1. The van der Waals surface area contributed by atoms with Crippen molar-refractivity contribution < 1.29 is 9.53 Å². The van der Waals surface area contributed by atoms with E-state index in [-0.39, 0.29) is 11.7 Å². The average Bonchev–Trinajstić information content (AvgIpc) is 3.01. The molecule has 1 N–H and O–H groups in total. The number of nitrogens with one attached hydrogen (secondary N) is 1. The number of anilines is 1. The van der Waals surface area contributed by atoms with Crippen molar-refractivity contribution in [3.05, 3.63) is 41.1 Å². The summed E-state index contributed by atoms with van der Waals surface area (Å²) in [5.74, 6) is 0.756. The van der Waals surface area contributed by atoms with E-state index in [1.807, 2.05) is 45.0 Å². The van der Waals surface area contributed by atoms with Crippen molar-refractivity contribution in [3.8, 4) is 11.8 Å². The Labute approximate surface area is 165 Å². The first-order valence-corrected chi connectivity index (χ1v) is 10.1. The molecule has 6 nitrogen and oxygen atoms in total. The minimum Gasteiger partial charge on any atom is -0.494 e. The first-order valence-electron chi connectivity index (χ1n) is 8.34. The lowest BCUT2D eigenvalue weighted by atomic mass is 10.1. The molecule has 8 heteroatoms. The minimum atomic E-state index is -0.186. The van der Waals surface area contributed by atoms with Crippen LogP contribution in [0.2, 0.25) is 0 Å². The van der Waals surface area contributed by atoms with Crippen LogP contribution in [0.5, 0.6) is 5.75 Å². The van der Waals surface area contributed by atoms with E-state index in [0.29, 0.717) is 22.3 Å². The molecule has 3 aromatic rings. The number of benzene rings is 1. The van der Waals surface area contributed by atoms with Gasteiger partial charge in [-0.25, -0.2) is 9.97 Å². The van der Waals surface area contributed by atoms with Gasteiger partial charge in [0.15, 0.2) is 5.13 Å². The second-order valence-corrected chi connectivity index (χ2v) is 7.79. The summed E-state index contributed by atoms with van der Waals surface area (Å²) in [7, 11) is 0. The standard InChI is InChI=1S/C19H18N4O2S2/c1-4-25-13-5-6-15-16(8-13)27-19(22-15)23-17(24)10-26-18-14(9-20)11(2)7-12(3)21-18/h5-8H,4,10H2,1-3H3,(H,22,23,24). The summed E-state index contributed by atoms with van der Waals surface area (Å²) in [5.41, 5.74) is 3.02. The Morgan fingerprint density at radius 2 is 2.15 bits per heavy atom. The third kappa shape index (κ3) is 4.56. The van der Waals surface area contributed by atoms with Gasteiger partial charge >= 0.3 is 0 Å². The fourth-order valence-corrected chi connectivity index (χ4v) is 4.36. The molecule has 138 valence electrons. The van der Waals surface area contributed by atoms with Crippen molar-refractivity contribution in [1.82, 2.24) is 9.97 Å². The Bertz CT molecular complexity index is 1040. The van der Waals surface area contributed by atoms with Crippen LogP contribution in [0.4, 0.5) is 5.13 Å². The lowest BCUT2D eigenvalue weighted by Crippen LogP contribution is -2.14. The first kappa shape index (κ1) is 19.1. The molecule has 27 heavy (non-hydrogen) atoms. The predicted molar refractivity (Wildman–Crippen MR) is 109 cm³/mol. The van der Waals surface area contributed by atoms with Crippen LogP contribution in [-0.2, 0) is 4.79 Å². The molecule has 0 aliphatic rings. The molecule has 2 heterocycles. The normalized spacial score (nSPS) is 10.6. The van der Waals surface area contributed by atoms with Crippen LogP contribution in [-0.4, -0.2) is 28.2 Å². The van der Waals surface area contributed by atoms with Gasteiger partial charge in [0.1, 0.15) is 16.8 Å². The number of fused-ring (bicyclic) bond motifs is 1. The van der Waals surface area contributed by atoms with E-state index < -0.39 is 0 Å². The first-order chi connectivity index (χ1) is 13.0. The van der Waals surface area contributed by atoms with Gasteiger partial charge in [0.25, 0.3) is 0 Å². The average molecular weight is 399 g/mol. The van der Waals surface area contributed by atoms with Gasteiger partial charge in [0, 0.05) is 5.69 Å².